The van der Waals surface area contributed by atoms with Crippen LogP contribution in [0.25, 0.3) is 0 Å². The summed E-state index contributed by atoms with van der Waals surface area (Å²) < 4.78 is 48.8. The standard InChI is InChI=1S/C9H17O6PS/c1-4-7-15-17(11,12)9-8-16(10,13-5-2)14-6-3/h1H,5-9H2,2-3H3. The van der Waals surface area contributed by atoms with Gasteiger partial charge in [0.1, 0.15) is 6.61 Å². The molecule has 0 aromatic rings. The molecule has 0 aromatic heterocycles. The fraction of sp³-hybridized carbons (Fsp3) is 0.778. The Morgan fingerprint density at radius 2 is 1.76 bits per heavy atom. The van der Waals surface area contributed by atoms with Crippen LogP contribution in [0.4, 0.5) is 0 Å². The first kappa shape index (κ1) is 16.6. The Bertz CT molecular complexity index is 386. The molecule has 0 aromatic carbocycles. The van der Waals surface area contributed by atoms with Crippen molar-refractivity contribution in [2.75, 3.05) is 31.7 Å². The summed E-state index contributed by atoms with van der Waals surface area (Å²) in [6.07, 6.45) is 4.62. The van der Waals surface area contributed by atoms with E-state index in [1.165, 1.54) is 0 Å². The van der Waals surface area contributed by atoms with Crippen LogP contribution in [-0.2, 0) is 27.9 Å². The number of hydrogen-bond donors (Lipinski definition) is 0. The van der Waals surface area contributed by atoms with E-state index in [-0.39, 0.29) is 26.0 Å². The van der Waals surface area contributed by atoms with Gasteiger partial charge in [-0.1, -0.05) is 5.92 Å². The van der Waals surface area contributed by atoms with Crippen LogP contribution in [0.2, 0.25) is 0 Å². The van der Waals surface area contributed by atoms with Crippen molar-refractivity contribution in [3.05, 3.63) is 0 Å². The van der Waals surface area contributed by atoms with Gasteiger partial charge in [-0.15, -0.1) is 6.42 Å². The quantitative estimate of drug-likeness (QED) is 0.360. The average molecular weight is 284 g/mol. The highest BCUT2D eigenvalue weighted by Gasteiger charge is 2.26. The molecule has 0 aliphatic heterocycles. The van der Waals surface area contributed by atoms with E-state index in [1.807, 2.05) is 5.92 Å². The van der Waals surface area contributed by atoms with Gasteiger partial charge in [0.2, 0.25) is 0 Å². The molecule has 0 N–H and O–H groups in total. The zero-order chi connectivity index (χ0) is 13.4. The largest absolute Gasteiger partial charge is 0.331 e. The Hall–Kier alpha value is -0.380. The Labute approximate surface area is 102 Å². The first-order valence-electron chi connectivity index (χ1n) is 5.08. The summed E-state index contributed by atoms with van der Waals surface area (Å²) in [5.74, 6) is 1.59. The lowest BCUT2D eigenvalue weighted by atomic mass is 10.8. The molecule has 0 radical (unpaired) electrons. The zero-order valence-corrected chi connectivity index (χ0v) is 11.6. The van der Waals surface area contributed by atoms with Crippen LogP contribution < -0.4 is 0 Å². The van der Waals surface area contributed by atoms with Crippen molar-refractivity contribution in [2.45, 2.75) is 13.8 Å². The van der Waals surface area contributed by atoms with Crippen LogP contribution in [0.5, 0.6) is 0 Å². The van der Waals surface area contributed by atoms with Gasteiger partial charge in [0, 0.05) is 0 Å². The molecule has 0 saturated heterocycles. The van der Waals surface area contributed by atoms with Gasteiger partial charge in [0.15, 0.2) is 0 Å². The highest BCUT2D eigenvalue weighted by atomic mass is 32.2. The molecule has 6 nitrogen and oxygen atoms in total. The van der Waals surface area contributed by atoms with Crippen molar-refractivity contribution in [1.82, 2.24) is 0 Å². The molecule has 0 unspecified atom stereocenters. The number of terminal acetylenes is 1. The van der Waals surface area contributed by atoms with Gasteiger partial charge in [-0.25, -0.2) is 0 Å². The van der Waals surface area contributed by atoms with Crippen LogP contribution in [0.3, 0.4) is 0 Å². The minimum Gasteiger partial charge on any atom is -0.309 e. The summed E-state index contributed by atoms with van der Waals surface area (Å²) in [5.41, 5.74) is 0. The third-order valence-electron chi connectivity index (χ3n) is 1.59. The molecule has 0 fully saturated rings. The molecule has 0 heterocycles. The van der Waals surface area contributed by atoms with E-state index in [9.17, 15) is 13.0 Å². The topological polar surface area (TPSA) is 78.9 Å². The number of rotatable bonds is 9. The molecule has 100 valence electrons. The summed E-state index contributed by atoms with van der Waals surface area (Å²) in [7, 11) is -7.15. The lowest BCUT2D eigenvalue weighted by molar-refractivity contribution is 0.221. The van der Waals surface area contributed by atoms with Gasteiger partial charge in [-0.3, -0.25) is 8.75 Å². The van der Waals surface area contributed by atoms with Crippen LogP contribution in [0.1, 0.15) is 13.8 Å². The van der Waals surface area contributed by atoms with Crippen molar-refractivity contribution in [2.24, 2.45) is 0 Å². The molecule has 0 bridgehead atoms. The van der Waals surface area contributed by atoms with Crippen LogP contribution >= 0.6 is 7.60 Å². The molecule has 0 aliphatic rings. The maximum atomic E-state index is 11.9. The van der Waals surface area contributed by atoms with Crippen molar-refractivity contribution < 1.29 is 26.2 Å². The summed E-state index contributed by atoms with van der Waals surface area (Å²) in [5, 5.41) is 0. The normalized spacial score (nSPS) is 12.3. The minimum atomic E-state index is -3.79. The van der Waals surface area contributed by atoms with E-state index in [2.05, 4.69) is 4.18 Å². The minimum absolute atomic E-state index is 0.183. The molecule has 0 rings (SSSR count). The van der Waals surface area contributed by atoms with Gasteiger partial charge in [0.05, 0.1) is 25.1 Å². The molecule has 0 amide bonds. The number of hydrogen-bond acceptors (Lipinski definition) is 6. The average Bonchev–Trinajstić information content (AvgIpc) is 2.25. The lowest BCUT2D eigenvalue weighted by Gasteiger charge is -2.16. The van der Waals surface area contributed by atoms with E-state index in [0.717, 1.165) is 0 Å². The predicted octanol–water partition coefficient (Wildman–Crippen LogP) is 1.23. The van der Waals surface area contributed by atoms with Crippen molar-refractivity contribution >= 4 is 17.7 Å². The van der Waals surface area contributed by atoms with E-state index in [4.69, 9.17) is 15.5 Å². The fourth-order valence-corrected chi connectivity index (χ4v) is 4.24. The second-order valence-corrected chi connectivity index (χ2v) is 6.84. The molecular weight excluding hydrogens is 267 g/mol. The highest BCUT2D eigenvalue weighted by Crippen LogP contribution is 2.47. The smallest absolute Gasteiger partial charge is 0.309 e. The van der Waals surface area contributed by atoms with E-state index in [0.29, 0.717) is 0 Å². The molecule has 0 aliphatic carbocycles. The highest BCUT2D eigenvalue weighted by molar-refractivity contribution is 7.87. The van der Waals surface area contributed by atoms with Gasteiger partial charge >= 0.3 is 7.60 Å². The van der Waals surface area contributed by atoms with Crippen LogP contribution in [0.15, 0.2) is 0 Å². The third kappa shape index (κ3) is 7.53. The molecular formula is C9H17O6PS. The first-order chi connectivity index (χ1) is 7.89. The summed E-state index contributed by atoms with van der Waals surface area (Å²) in [4.78, 5) is 0. The van der Waals surface area contributed by atoms with Gasteiger partial charge in [0.25, 0.3) is 10.1 Å². The van der Waals surface area contributed by atoms with E-state index < -0.39 is 23.5 Å². The SMILES string of the molecule is C#CCOS(=O)(=O)CCP(=O)(OCC)OCC. The Balaban J connectivity index is 4.41. The first-order valence-corrected chi connectivity index (χ1v) is 8.38. The second-order valence-electron chi connectivity index (χ2n) is 2.90. The summed E-state index contributed by atoms with van der Waals surface area (Å²) >= 11 is 0. The second kappa shape index (κ2) is 7.85. The molecule has 0 atom stereocenters. The van der Waals surface area contributed by atoms with E-state index in [1.54, 1.807) is 13.8 Å². The lowest BCUT2D eigenvalue weighted by Crippen LogP contribution is -2.15. The Morgan fingerprint density at radius 1 is 1.24 bits per heavy atom. The van der Waals surface area contributed by atoms with Crippen LogP contribution in [-0.4, -0.2) is 40.2 Å². The van der Waals surface area contributed by atoms with Crippen molar-refractivity contribution in [1.29, 1.82) is 0 Å². The maximum absolute atomic E-state index is 11.9. The molecule has 8 heteroatoms. The van der Waals surface area contributed by atoms with Gasteiger partial charge in [-0.05, 0) is 13.8 Å². The van der Waals surface area contributed by atoms with Gasteiger partial charge in [-0.2, -0.15) is 8.42 Å². The fourth-order valence-electron chi connectivity index (χ4n) is 0.966. The summed E-state index contributed by atoms with van der Waals surface area (Å²) in [6, 6.07) is 0. The zero-order valence-electron chi connectivity index (χ0n) is 9.92. The molecule has 0 saturated carbocycles. The van der Waals surface area contributed by atoms with Crippen molar-refractivity contribution in [3.63, 3.8) is 0 Å². The van der Waals surface area contributed by atoms with Crippen molar-refractivity contribution in [3.8, 4) is 12.3 Å². The monoisotopic (exact) mass is 284 g/mol. The predicted molar refractivity (Wildman–Crippen MR) is 64.3 cm³/mol. The maximum Gasteiger partial charge on any atom is 0.331 e. The van der Waals surface area contributed by atoms with Gasteiger partial charge < -0.3 is 9.05 Å². The third-order valence-corrected chi connectivity index (χ3v) is 5.15. The molecule has 0 spiro atoms. The summed E-state index contributed by atoms with van der Waals surface area (Å²) in [6.45, 7) is 3.32. The molecule has 17 heavy (non-hydrogen) atoms. The Kier molecular flexibility index (Phi) is 7.68. The van der Waals surface area contributed by atoms with Crippen LogP contribution in [0, 0.1) is 12.3 Å². The Morgan fingerprint density at radius 3 is 2.18 bits per heavy atom. The van der Waals surface area contributed by atoms with E-state index >= 15 is 0 Å².